The van der Waals surface area contributed by atoms with E-state index in [1.54, 1.807) is 0 Å². The van der Waals surface area contributed by atoms with Crippen LogP contribution in [0.4, 0.5) is 0 Å². The number of hydrogen-bond acceptors (Lipinski definition) is 3. The van der Waals surface area contributed by atoms with E-state index >= 15 is 0 Å². The summed E-state index contributed by atoms with van der Waals surface area (Å²) in [6, 6.07) is 0. The first kappa shape index (κ1) is 17.0. The SMILES string of the molecule is CCNCC.O=[PH]([O-])O.[Zn+]. The summed E-state index contributed by atoms with van der Waals surface area (Å²) in [6.07, 6.45) is 0. The Kier molecular flexibility index (Phi) is 27.8. The minimum absolute atomic E-state index is 0. The van der Waals surface area contributed by atoms with Crippen molar-refractivity contribution in [2.24, 2.45) is 0 Å². The molecule has 59 valence electrons. The second-order valence-electron chi connectivity index (χ2n) is 1.22. The fourth-order valence-corrected chi connectivity index (χ4v) is 0.250. The van der Waals surface area contributed by atoms with Gasteiger partial charge in [0.2, 0.25) is 0 Å². The van der Waals surface area contributed by atoms with Crippen molar-refractivity contribution in [1.82, 2.24) is 5.32 Å². The minimum Gasteiger partial charge on any atom is -0.781 e. The van der Waals surface area contributed by atoms with Gasteiger partial charge in [-0.05, 0) is 13.1 Å². The third-order valence-corrected chi connectivity index (χ3v) is 0.500. The van der Waals surface area contributed by atoms with Crippen molar-refractivity contribution in [3.63, 3.8) is 0 Å². The normalized spacial score (nSPS) is 10.4. The Morgan fingerprint density at radius 3 is 1.70 bits per heavy atom. The molecule has 0 aliphatic heterocycles. The second-order valence-corrected chi connectivity index (χ2v) is 1.75. The van der Waals surface area contributed by atoms with Gasteiger partial charge < -0.3 is 19.7 Å². The van der Waals surface area contributed by atoms with Crippen LogP contribution in [0.3, 0.4) is 0 Å². The van der Waals surface area contributed by atoms with E-state index in [9.17, 15) is 0 Å². The molecule has 0 saturated heterocycles. The summed E-state index contributed by atoms with van der Waals surface area (Å²) in [4.78, 5) is 15.7. The minimum atomic E-state index is -3.38. The van der Waals surface area contributed by atoms with E-state index < -0.39 is 8.25 Å². The predicted octanol–water partition coefficient (Wildman–Crippen LogP) is -0.658. The first-order valence-corrected chi connectivity index (χ1v) is 4.02. The molecule has 0 aromatic heterocycles. The van der Waals surface area contributed by atoms with E-state index in [0.29, 0.717) is 0 Å². The summed E-state index contributed by atoms with van der Waals surface area (Å²) in [5, 5.41) is 3.11. The molecule has 0 aromatic rings. The summed E-state index contributed by atoms with van der Waals surface area (Å²) < 4.78 is 8.63. The zero-order valence-electron chi connectivity index (χ0n) is 6.39. The van der Waals surface area contributed by atoms with Gasteiger partial charge in [0.05, 0.1) is 0 Å². The van der Waals surface area contributed by atoms with Crippen LogP contribution < -0.4 is 10.2 Å². The van der Waals surface area contributed by atoms with E-state index in [1.165, 1.54) is 0 Å². The van der Waals surface area contributed by atoms with Gasteiger partial charge in [-0.15, -0.1) is 0 Å². The van der Waals surface area contributed by atoms with Gasteiger partial charge in [-0.25, -0.2) is 0 Å². The molecule has 0 bridgehead atoms. The van der Waals surface area contributed by atoms with Crippen LogP contribution in [-0.4, -0.2) is 18.0 Å². The molecule has 0 fully saturated rings. The van der Waals surface area contributed by atoms with Gasteiger partial charge in [0, 0.05) is 0 Å². The largest absolute Gasteiger partial charge is 1.00 e. The van der Waals surface area contributed by atoms with Gasteiger partial charge in [0.1, 0.15) is 8.25 Å². The molecule has 0 aliphatic carbocycles. The monoisotopic (exact) mass is 218 g/mol. The molecule has 4 nitrogen and oxygen atoms in total. The van der Waals surface area contributed by atoms with E-state index in [2.05, 4.69) is 19.2 Å². The Labute approximate surface area is 74.7 Å². The van der Waals surface area contributed by atoms with Crippen LogP contribution in [0.25, 0.3) is 0 Å². The molecule has 0 aliphatic rings. The van der Waals surface area contributed by atoms with Gasteiger partial charge >= 0.3 is 19.5 Å². The van der Waals surface area contributed by atoms with Gasteiger partial charge in [-0.3, -0.25) is 0 Å². The summed E-state index contributed by atoms with van der Waals surface area (Å²) in [5.74, 6) is 0. The van der Waals surface area contributed by atoms with Crippen LogP contribution in [0.15, 0.2) is 0 Å². The molecule has 2 N–H and O–H groups in total. The van der Waals surface area contributed by atoms with Gasteiger partial charge in [-0.2, -0.15) is 0 Å². The molecule has 0 saturated carbocycles. The van der Waals surface area contributed by atoms with E-state index in [0.717, 1.165) is 13.1 Å². The molecule has 0 heterocycles. The molecule has 10 heavy (non-hydrogen) atoms. The molecule has 0 rings (SSSR count). The molecule has 0 aromatic carbocycles. The van der Waals surface area contributed by atoms with E-state index in [1.807, 2.05) is 0 Å². The number of hydrogen-bond donors (Lipinski definition) is 2. The van der Waals surface area contributed by atoms with Crippen molar-refractivity contribution in [3.8, 4) is 0 Å². The van der Waals surface area contributed by atoms with Crippen molar-refractivity contribution < 1.29 is 33.8 Å². The van der Waals surface area contributed by atoms with Gasteiger partial charge in [0.25, 0.3) is 0 Å². The summed E-state index contributed by atoms with van der Waals surface area (Å²) in [7, 11) is -3.38. The van der Waals surface area contributed by atoms with Crippen molar-refractivity contribution in [3.05, 3.63) is 0 Å². The number of rotatable bonds is 2. The third-order valence-electron chi connectivity index (χ3n) is 0.500. The molecule has 1 radical (unpaired) electrons. The average Bonchev–Trinajstić information content (AvgIpc) is 1.66. The molecule has 0 amide bonds. The van der Waals surface area contributed by atoms with Crippen LogP contribution in [0, 0.1) is 0 Å². The maximum atomic E-state index is 8.63. The first-order valence-electron chi connectivity index (χ1n) is 2.75. The maximum Gasteiger partial charge on any atom is 1.00 e. The molecule has 0 spiro atoms. The predicted molar refractivity (Wildman–Crippen MR) is 35.4 cm³/mol. The van der Waals surface area contributed by atoms with E-state index in [4.69, 9.17) is 14.4 Å². The quantitative estimate of drug-likeness (QED) is 0.478. The van der Waals surface area contributed by atoms with Crippen LogP contribution >= 0.6 is 8.25 Å². The number of nitrogens with one attached hydrogen (secondary N) is 1. The molecule has 1 unspecified atom stereocenters. The van der Waals surface area contributed by atoms with Crippen molar-refractivity contribution in [1.29, 1.82) is 0 Å². The van der Waals surface area contributed by atoms with Gasteiger partial charge in [-0.1, -0.05) is 13.8 Å². The van der Waals surface area contributed by atoms with Crippen molar-refractivity contribution in [2.45, 2.75) is 13.8 Å². The Bertz CT molecular complexity index is 67.5. The molecular formula is C4H13NO3PZn. The van der Waals surface area contributed by atoms with Crippen LogP contribution in [0.1, 0.15) is 13.8 Å². The second kappa shape index (κ2) is 16.4. The third kappa shape index (κ3) is 69.9. The zero-order valence-corrected chi connectivity index (χ0v) is 10.4. The van der Waals surface area contributed by atoms with Crippen LogP contribution in [-0.2, 0) is 24.0 Å². The Balaban J connectivity index is -0.0000000910. The van der Waals surface area contributed by atoms with Crippen LogP contribution in [0.2, 0.25) is 0 Å². The summed E-state index contributed by atoms with van der Waals surface area (Å²) in [5.41, 5.74) is 0. The fourth-order valence-electron chi connectivity index (χ4n) is 0.250. The first-order chi connectivity index (χ1) is 4.15. The molecular weight excluding hydrogens is 206 g/mol. The molecule has 1 atom stereocenters. The van der Waals surface area contributed by atoms with Gasteiger partial charge in [0.15, 0.2) is 0 Å². The zero-order chi connectivity index (χ0) is 7.70. The summed E-state index contributed by atoms with van der Waals surface area (Å²) in [6.45, 7) is 6.39. The molecule has 6 heteroatoms. The Morgan fingerprint density at radius 1 is 1.50 bits per heavy atom. The van der Waals surface area contributed by atoms with Crippen molar-refractivity contribution in [2.75, 3.05) is 13.1 Å². The Morgan fingerprint density at radius 2 is 1.70 bits per heavy atom. The Hall–Kier alpha value is 0.733. The fraction of sp³-hybridized carbons (Fsp3) is 1.00. The average molecular weight is 220 g/mol. The smallest absolute Gasteiger partial charge is 0.781 e. The van der Waals surface area contributed by atoms with Crippen LogP contribution in [0.5, 0.6) is 0 Å². The van der Waals surface area contributed by atoms with E-state index in [-0.39, 0.29) is 19.5 Å². The van der Waals surface area contributed by atoms with Crippen molar-refractivity contribution >= 4 is 8.25 Å². The standard InChI is InChI=1S/C4H11N.H3O3P.Zn/c1-3-5-4-2;1-4(2)3;/h5H,3-4H2,1-2H3;4H,(H2,1,2,3);/q;;+1/p-1. The topological polar surface area (TPSA) is 72.4 Å². The maximum absolute atomic E-state index is 8.63. The summed E-state index contributed by atoms with van der Waals surface area (Å²) >= 11 is 0.